The van der Waals surface area contributed by atoms with Crippen molar-refractivity contribution in [2.75, 3.05) is 19.3 Å². The van der Waals surface area contributed by atoms with Crippen LogP contribution in [0.1, 0.15) is 11.3 Å². The van der Waals surface area contributed by atoms with Gasteiger partial charge in [0, 0.05) is 19.3 Å². The summed E-state index contributed by atoms with van der Waals surface area (Å²) in [5.74, 6) is 0. The van der Waals surface area contributed by atoms with Crippen LogP contribution in [-0.4, -0.2) is 45.5 Å². The van der Waals surface area contributed by atoms with E-state index in [1.54, 1.807) is 49.5 Å². The maximum atomic E-state index is 12.3. The first-order valence-electron chi connectivity index (χ1n) is 7.60. The molecule has 1 aromatic carbocycles. The van der Waals surface area contributed by atoms with Crippen LogP contribution in [0.2, 0.25) is 0 Å². The standard InChI is InChI=1S/C16H21N3O4S2/c1-14-6-5-8-16(12-14)25(22,23)18-10-11-19(24(2,20)21)13-15-7-3-4-9-17-15/h3-9,12,18H,10-11,13H2,1-2H3. The van der Waals surface area contributed by atoms with Gasteiger partial charge in [-0.1, -0.05) is 18.2 Å². The summed E-state index contributed by atoms with van der Waals surface area (Å²) >= 11 is 0. The monoisotopic (exact) mass is 383 g/mol. The molecule has 0 aliphatic rings. The van der Waals surface area contributed by atoms with Crippen molar-refractivity contribution in [2.45, 2.75) is 18.4 Å². The molecule has 9 heteroatoms. The predicted molar refractivity (Wildman–Crippen MR) is 95.9 cm³/mol. The highest BCUT2D eigenvalue weighted by Crippen LogP contribution is 2.11. The minimum absolute atomic E-state index is 0.0143. The van der Waals surface area contributed by atoms with E-state index in [0.29, 0.717) is 5.69 Å². The first-order valence-corrected chi connectivity index (χ1v) is 10.9. The fraction of sp³-hybridized carbons (Fsp3) is 0.312. The molecule has 0 spiro atoms. The molecule has 0 saturated carbocycles. The Labute approximate surface area is 148 Å². The first-order chi connectivity index (χ1) is 11.7. The Morgan fingerprint density at radius 1 is 1.08 bits per heavy atom. The van der Waals surface area contributed by atoms with Crippen molar-refractivity contribution in [3.05, 3.63) is 59.9 Å². The highest BCUT2D eigenvalue weighted by molar-refractivity contribution is 7.89. The van der Waals surface area contributed by atoms with Crippen LogP contribution in [0.25, 0.3) is 0 Å². The highest BCUT2D eigenvalue weighted by Gasteiger charge is 2.19. The normalized spacial score (nSPS) is 12.4. The Morgan fingerprint density at radius 2 is 1.84 bits per heavy atom. The van der Waals surface area contributed by atoms with Crippen LogP contribution in [0.3, 0.4) is 0 Å². The van der Waals surface area contributed by atoms with Gasteiger partial charge < -0.3 is 0 Å². The van der Waals surface area contributed by atoms with Gasteiger partial charge in [0.05, 0.1) is 23.4 Å². The van der Waals surface area contributed by atoms with Crippen LogP contribution >= 0.6 is 0 Å². The summed E-state index contributed by atoms with van der Waals surface area (Å²) < 4.78 is 52.0. The van der Waals surface area contributed by atoms with E-state index < -0.39 is 20.0 Å². The van der Waals surface area contributed by atoms with E-state index >= 15 is 0 Å². The molecule has 25 heavy (non-hydrogen) atoms. The number of nitrogens with one attached hydrogen (secondary N) is 1. The molecule has 1 aromatic heterocycles. The summed E-state index contributed by atoms with van der Waals surface area (Å²) in [4.78, 5) is 4.26. The average molecular weight is 383 g/mol. The molecule has 136 valence electrons. The van der Waals surface area contributed by atoms with Crippen molar-refractivity contribution in [3.8, 4) is 0 Å². The summed E-state index contributed by atoms with van der Waals surface area (Å²) in [6.45, 7) is 1.87. The number of rotatable bonds is 8. The molecule has 0 fully saturated rings. The maximum absolute atomic E-state index is 12.3. The molecule has 0 bridgehead atoms. The summed E-state index contributed by atoms with van der Waals surface area (Å²) in [5.41, 5.74) is 1.42. The fourth-order valence-corrected chi connectivity index (χ4v) is 4.12. The Morgan fingerprint density at radius 3 is 2.44 bits per heavy atom. The molecule has 0 atom stereocenters. The zero-order valence-corrected chi connectivity index (χ0v) is 15.7. The number of sulfonamides is 2. The Bertz CT molecular complexity index is 913. The third kappa shape index (κ3) is 5.89. The van der Waals surface area contributed by atoms with E-state index in [1.165, 1.54) is 10.4 Å². The van der Waals surface area contributed by atoms with Crippen molar-refractivity contribution in [2.24, 2.45) is 0 Å². The number of pyridine rings is 1. The van der Waals surface area contributed by atoms with Crippen molar-refractivity contribution in [1.82, 2.24) is 14.0 Å². The van der Waals surface area contributed by atoms with Gasteiger partial charge in [-0.2, -0.15) is 4.31 Å². The zero-order chi connectivity index (χ0) is 18.5. The lowest BCUT2D eigenvalue weighted by Gasteiger charge is -2.19. The number of hydrogen-bond acceptors (Lipinski definition) is 5. The lowest BCUT2D eigenvalue weighted by molar-refractivity contribution is 0.408. The smallest absolute Gasteiger partial charge is 0.240 e. The highest BCUT2D eigenvalue weighted by atomic mass is 32.2. The molecule has 7 nitrogen and oxygen atoms in total. The Balaban J connectivity index is 2.03. The lowest BCUT2D eigenvalue weighted by Crippen LogP contribution is -2.37. The Kier molecular flexibility index (Phi) is 6.28. The second kappa shape index (κ2) is 8.05. The van der Waals surface area contributed by atoms with E-state index in [4.69, 9.17) is 0 Å². The predicted octanol–water partition coefficient (Wildman–Crippen LogP) is 1.13. The quantitative estimate of drug-likeness (QED) is 0.737. The van der Waals surface area contributed by atoms with Crippen LogP contribution in [0.15, 0.2) is 53.6 Å². The van der Waals surface area contributed by atoms with Gasteiger partial charge in [0.1, 0.15) is 0 Å². The number of aromatic nitrogens is 1. The number of aryl methyl sites for hydroxylation is 1. The molecule has 0 aliphatic carbocycles. The van der Waals surface area contributed by atoms with Crippen LogP contribution in [0.5, 0.6) is 0 Å². The number of nitrogens with zero attached hydrogens (tertiary/aromatic N) is 2. The van der Waals surface area contributed by atoms with Gasteiger partial charge in [0.2, 0.25) is 20.0 Å². The van der Waals surface area contributed by atoms with E-state index in [2.05, 4.69) is 9.71 Å². The van der Waals surface area contributed by atoms with Gasteiger partial charge in [-0.15, -0.1) is 0 Å². The van der Waals surface area contributed by atoms with E-state index in [-0.39, 0.29) is 24.5 Å². The molecule has 2 aromatic rings. The van der Waals surface area contributed by atoms with Gasteiger partial charge in [-0.05, 0) is 36.8 Å². The van der Waals surface area contributed by atoms with Crippen LogP contribution in [-0.2, 0) is 26.6 Å². The van der Waals surface area contributed by atoms with Gasteiger partial charge in [-0.25, -0.2) is 21.6 Å². The minimum atomic E-state index is -3.68. The van der Waals surface area contributed by atoms with E-state index in [1.807, 2.05) is 0 Å². The van der Waals surface area contributed by atoms with Gasteiger partial charge in [-0.3, -0.25) is 4.98 Å². The third-order valence-corrected chi connectivity index (χ3v) is 6.20. The molecule has 0 aliphatic heterocycles. The minimum Gasteiger partial charge on any atom is -0.260 e. The lowest BCUT2D eigenvalue weighted by atomic mass is 10.2. The number of benzene rings is 1. The zero-order valence-electron chi connectivity index (χ0n) is 14.1. The van der Waals surface area contributed by atoms with Crippen molar-refractivity contribution in [3.63, 3.8) is 0 Å². The molecule has 1 heterocycles. The molecule has 0 saturated heterocycles. The maximum Gasteiger partial charge on any atom is 0.240 e. The van der Waals surface area contributed by atoms with Crippen LogP contribution < -0.4 is 4.72 Å². The third-order valence-electron chi connectivity index (χ3n) is 3.49. The molecular weight excluding hydrogens is 362 g/mol. The SMILES string of the molecule is Cc1cccc(S(=O)(=O)NCCN(Cc2ccccn2)S(C)(=O)=O)c1. The summed E-state index contributed by atoms with van der Waals surface area (Å²) in [6.07, 6.45) is 2.67. The summed E-state index contributed by atoms with van der Waals surface area (Å²) in [7, 11) is -7.18. The number of hydrogen-bond donors (Lipinski definition) is 1. The summed E-state index contributed by atoms with van der Waals surface area (Å²) in [5, 5.41) is 0. The molecule has 2 rings (SSSR count). The molecule has 0 radical (unpaired) electrons. The van der Waals surface area contributed by atoms with Gasteiger partial charge >= 0.3 is 0 Å². The molecule has 0 amide bonds. The Hall–Kier alpha value is -1.81. The molecule has 0 unspecified atom stereocenters. The van der Waals surface area contributed by atoms with Gasteiger partial charge in [0.15, 0.2) is 0 Å². The first kappa shape index (κ1) is 19.5. The molecular formula is C16H21N3O4S2. The second-order valence-electron chi connectivity index (χ2n) is 5.63. The molecule has 1 N–H and O–H groups in total. The van der Waals surface area contributed by atoms with Crippen LogP contribution in [0.4, 0.5) is 0 Å². The van der Waals surface area contributed by atoms with E-state index in [9.17, 15) is 16.8 Å². The topological polar surface area (TPSA) is 96.4 Å². The fourth-order valence-electron chi connectivity index (χ4n) is 2.21. The van der Waals surface area contributed by atoms with Crippen molar-refractivity contribution in [1.29, 1.82) is 0 Å². The van der Waals surface area contributed by atoms with Crippen molar-refractivity contribution < 1.29 is 16.8 Å². The van der Waals surface area contributed by atoms with Gasteiger partial charge in [0.25, 0.3) is 0 Å². The van der Waals surface area contributed by atoms with Crippen molar-refractivity contribution >= 4 is 20.0 Å². The van der Waals surface area contributed by atoms with Crippen LogP contribution in [0, 0.1) is 6.92 Å². The van der Waals surface area contributed by atoms with E-state index in [0.717, 1.165) is 11.8 Å². The average Bonchev–Trinajstić information content (AvgIpc) is 2.54. The largest absolute Gasteiger partial charge is 0.260 e. The summed E-state index contributed by atoms with van der Waals surface area (Å²) in [6, 6.07) is 11.7. The second-order valence-corrected chi connectivity index (χ2v) is 9.38.